The van der Waals surface area contributed by atoms with Crippen molar-refractivity contribution in [2.75, 3.05) is 36.1 Å². The average Bonchev–Trinajstić information content (AvgIpc) is 2.80. The molecular formula is C25H30N4O2. The van der Waals surface area contributed by atoms with Crippen LogP contribution in [0.25, 0.3) is 0 Å². The molecule has 1 unspecified atom stereocenters. The number of anilines is 3. The zero-order valence-electron chi connectivity index (χ0n) is 18.3. The summed E-state index contributed by atoms with van der Waals surface area (Å²) >= 11 is 0. The van der Waals surface area contributed by atoms with Gasteiger partial charge < -0.3 is 20.7 Å². The highest BCUT2D eigenvalue weighted by atomic mass is 16.5. The second kappa shape index (κ2) is 11.0. The second-order valence-electron chi connectivity index (χ2n) is 7.74. The van der Waals surface area contributed by atoms with Gasteiger partial charge in [0.1, 0.15) is 11.6 Å². The minimum absolute atomic E-state index is 0.149. The van der Waals surface area contributed by atoms with E-state index in [-0.39, 0.29) is 5.91 Å². The van der Waals surface area contributed by atoms with Crippen molar-refractivity contribution in [3.63, 3.8) is 0 Å². The van der Waals surface area contributed by atoms with Crippen LogP contribution < -0.4 is 20.7 Å². The average molecular weight is 419 g/mol. The number of hydrogen-bond donors (Lipinski definition) is 3. The molecule has 0 aliphatic rings. The third kappa shape index (κ3) is 6.74. The predicted octanol–water partition coefficient (Wildman–Crippen LogP) is 5.14. The molecule has 162 valence electrons. The van der Waals surface area contributed by atoms with Crippen LogP contribution in [0.1, 0.15) is 24.2 Å². The summed E-state index contributed by atoms with van der Waals surface area (Å²) in [7, 11) is 1.60. The van der Waals surface area contributed by atoms with Crippen LogP contribution in [-0.4, -0.2) is 31.1 Å². The van der Waals surface area contributed by atoms with Crippen molar-refractivity contribution in [1.82, 2.24) is 4.98 Å². The number of nitrogens with zero attached hydrogens (tertiary/aromatic N) is 1. The van der Waals surface area contributed by atoms with Crippen LogP contribution in [0.4, 0.5) is 17.2 Å². The maximum absolute atomic E-state index is 12.4. The fourth-order valence-electron chi connectivity index (χ4n) is 3.11. The third-order valence-electron chi connectivity index (χ3n) is 5.22. The molecule has 6 nitrogen and oxygen atoms in total. The molecule has 0 bridgehead atoms. The van der Waals surface area contributed by atoms with Gasteiger partial charge in [0.05, 0.1) is 7.11 Å². The van der Waals surface area contributed by atoms with E-state index in [1.807, 2.05) is 42.5 Å². The normalized spacial score (nSPS) is 11.6. The van der Waals surface area contributed by atoms with Gasteiger partial charge in [0, 0.05) is 36.2 Å². The number of amides is 1. The SMILES string of the molecule is COc1ccc(C(=O)Nc2ccc(NCC(CNc3ccccn3)C(C)C)cc2)cc1. The highest BCUT2D eigenvalue weighted by Gasteiger charge is 2.13. The van der Waals surface area contributed by atoms with E-state index >= 15 is 0 Å². The Labute approximate surface area is 184 Å². The van der Waals surface area contributed by atoms with E-state index in [4.69, 9.17) is 4.74 Å². The fraction of sp³-hybridized carbons (Fsp3) is 0.280. The van der Waals surface area contributed by atoms with Gasteiger partial charge in [-0.1, -0.05) is 19.9 Å². The minimum atomic E-state index is -0.149. The van der Waals surface area contributed by atoms with Gasteiger partial charge in [0.25, 0.3) is 5.91 Å². The van der Waals surface area contributed by atoms with E-state index in [1.165, 1.54) is 0 Å². The van der Waals surface area contributed by atoms with Gasteiger partial charge in [-0.25, -0.2) is 4.98 Å². The summed E-state index contributed by atoms with van der Waals surface area (Å²) in [6.07, 6.45) is 1.79. The third-order valence-corrected chi connectivity index (χ3v) is 5.22. The van der Waals surface area contributed by atoms with Gasteiger partial charge >= 0.3 is 0 Å². The van der Waals surface area contributed by atoms with E-state index in [0.29, 0.717) is 17.4 Å². The number of pyridine rings is 1. The van der Waals surface area contributed by atoms with E-state index in [9.17, 15) is 4.79 Å². The van der Waals surface area contributed by atoms with E-state index in [0.717, 1.165) is 36.0 Å². The van der Waals surface area contributed by atoms with Crippen LogP contribution in [0.5, 0.6) is 5.75 Å². The molecule has 1 atom stereocenters. The quantitative estimate of drug-likeness (QED) is 0.425. The summed E-state index contributed by atoms with van der Waals surface area (Å²) in [4.78, 5) is 16.7. The Morgan fingerprint density at radius 1 is 0.903 bits per heavy atom. The number of nitrogens with one attached hydrogen (secondary N) is 3. The number of methoxy groups -OCH3 is 1. The van der Waals surface area contributed by atoms with Crippen LogP contribution in [0, 0.1) is 11.8 Å². The van der Waals surface area contributed by atoms with Crippen LogP contribution in [-0.2, 0) is 0 Å². The number of carbonyl (C=O) groups excluding carboxylic acids is 1. The summed E-state index contributed by atoms with van der Waals surface area (Å²) < 4.78 is 5.13. The molecule has 0 saturated carbocycles. The molecule has 31 heavy (non-hydrogen) atoms. The molecule has 3 N–H and O–H groups in total. The topological polar surface area (TPSA) is 75.3 Å². The number of benzene rings is 2. The van der Waals surface area contributed by atoms with Crippen molar-refractivity contribution in [2.24, 2.45) is 11.8 Å². The Balaban J connectivity index is 1.51. The fourth-order valence-corrected chi connectivity index (χ4v) is 3.11. The lowest BCUT2D eigenvalue weighted by Crippen LogP contribution is -2.27. The molecule has 6 heteroatoms. The number of carbonyl (C=O) groups is 1. The summed E-state index contributed by atoms with van der Waals surface area (Å²) in [5.41, 5.74) is 2.36. The highest BCUT2D eigenvalue weighted by Crippen LogP contribution is 2.18. The minimum Gasteiger partial charge on any atom is -0.497 e. The monoisotopic (exact) mass is 418 g/mol. The Hall–Kier alpha value is -3.54. The van der Waals surface area contributed by atoms with Gasteiger partial charge in [-0.15, -0.1) is 0 Å². The molecule has 0 spiro atoms. The molecule has 0 saturated heterocycles. The second-order valence-corrected chi connectivity index (χ2v) is 7.74. The van der Waals surface area contributed by atoms with Gasteiger partial charge in [-0.3, -0.25) is 4.79 Å². The Bertz CT molecular complexity index is 942. The van der Waals surface area contributed by atoms with E-state index in [1.54, 1.807) is 37.6 Å². The van der Waals surface area contributed by atoms with E-state index < -0.39 is 0 Å². The van der Waals surface area contributed by atoms with Gasteiger partial charge in [-0.05, 0) is 72.5 Å². The first-order chi connectivity index (χ1) is 15.0. The number of ether oxygens (including phenoxy) is 1. The zero-order valence-corrected chi connectivity index (χ0v) is 18.3. The predicted molar refractivity (Wildman–Crippen MR) is 127 cm³/mol. The maximum atomic E-state index is 12.4. The number of rotatable bonds is 10. The summed E-state index contributed by atoms with van der Waals surface area (Å²) in [5.74, 6) is 2.43. The first kappa shape index (κ1) is 22.2. The molecule has 0 aliphatic carbocycles. The molecule has 0 fully saturated rings. The largest absolute Gasteiger partial charge is 0.497 e. The van der Waals surface area contributed by atoms with Crippen molar-refractivity contribution in [3.05, 3.63) is 78.5 Å². The molecule has 0 aliphatic heterocycles. The van der Waals surface area contributed by atoms with Gasteiger partial charge in [-0.2, -0.15) is 0 Å². The molecule has 1 amide bonds. The van der Waals surface area contributed by atoms with Crippen molar-refractivity contribution in [3.8, 4) is 5.75 Å². The van der Waals surface area contributed by atoms with Crippen LogP contribution >= 0.6 is 0 Å². The Morgan fingerprint density at radius 2 is 1.58 bits per heavy atom. The van der Waals surface area contributed by atoms with E-state index in [2.05, 4.69) is 34.8 Å². The molecule has 3 rings (SSSR count). The first-order valence-electron chi connectivity index (χ1n) is 10.5. The standard InChI is InChI=1S/C25H30N4O2/c1-18(2)20(17-28-24-6-4-5-15-26-24)16-27-21-9-11-22(12-10-21)29-25(30)19-7-13-23(31-3)14-8-19/h4-15,18,20,27H,16-17H2,1-3H3,(H,26,28)(H,29,30). The lowest BCUT2D eigenvalue weighted by molar-refractivity contribution is 0.102. The van der Waals surface area contributed by atoms with Gasteiger partial charge in [0.15, 0.2) is 0 Å². The van der Waals surface area contributed by atoms with Crippen molar-refractivity contribution in [2.45, 2.75) is 13.8 Å². The highest BCUT2D eigenvalue weighted by molar-refractivity contribution is 6.04. The van der Waals surface area contributed by atoms with Crippen LogP contribution in [0.15, 0.2) is 72.9 Å². The van der Waals surface area contributed by atoms with Crippen LogP contribution in [0.2, 0.25) is 0 Å². The lowest BCUT2D eigenvalue weighted by Gasteiger charge is -2.22. The first-order valence-corrected chi connectivity index (χ1v) is 10.5. The summed E-state index contributed by atoms with van der Waals surface area (Å²) in [5, 5.41) is 9.83. The molecule has 2 aromatic carbocycles. The molecule has 1 heterocycles. The lowest BCUT2D eigenvalue weighted by atomic mass is 9.95. The van der Waals surface area contributed by atoms with Crippen LogP contribution in [0.3, 0.4) is 0 Å². The van der Waals surface area contributed by atoms with Crippen molar-refractivity contribution in [1.29, 1.82) is 0 Å². The maximum Gasteiger partial charge on any atom is 0.255 e. The summed E-state index contributed by atoms with van der Waals surface area (Å²) in [6, 6.07) is 20.7. The molecule has 0 radical (unpaired) electrons. The molecular weight excluding hydrogens is 388 g/mol. The smallest absolute Gasteiger partial charge is 0.255 e. The molecule has 1 aromatic heterocycles. The Kier molecular flexibility index (Phi) is 7.87. The van der Waals surface area contributed by atoms with Crippen molar-refractivity contribution >= 4 is 23.1 Å². The Morgan fingerprint density at radius 3 is 2.19 bits per heavy atom. The van der Waals surface area contributed by atoms with Crippen molar-refractivity contribution < 1.29 is 9.53 Å². The van der Waals surface area contributed by atoms with Gasteiger partial charge in [0.2, 0.25) is 0 Å². The zero-order chi connectivity index (χ0) is 22.1. The number of aromatic nitrogens is 1. The summed E-state index contributed by atoms with van der Waals surface area (Å²) in [6.45, 7) is 6.14. The molecule has 3 aromatic rings. The number of hydrogen-bond acceptors (Lipinski definition) is 5.